The number of nitrogens with one attached hydrogen (secondary N) is 1. The van der Waals surface area contributed by atoms with E-state index < -0.39 is 14.9 Å². The summed E-state index contributed by atoms with van der Waals surface area (Å²) in [5.41, 5.74) is -0.208. The zero-order chi connectivity index (χ0) is 15.9. The minimum Gasteiger partial charge on any atom is -0.311 e. The first-order valence-electron chi connectivity index (χ1n) is 7.36. The molecule has 2 unspecified atom stereocenters. The van der Waals surface area contributed by atoms with Crippen molar-refractivity contribution in [3.63, 3.8) is 0 Å². The Morgan fingerprint density at radius 1 is 1.26 bits per heavy atom. The van der Waals surface area contributed by atoms with E-state index in [4.69, 9.17) is 0 Å². The van der Waals surface area contributed by atoms with E-state index in [1.165, 1.54) is 22.5 Å². The molecule has 0 radical (unpaired) electrons. The van der Waals surface area contributed by atoms with Crippen molar-refractivity contribution >= 4 is 28.1 Å². The van der Waals surface area contributed by atoms with E-state index in [1.54, 1.807) is 7.05 Å². The maximum Gasteiger partial charge on any atom is 0.270 e. The highest BCUT2D eigenvalue weighted by molar-refractivity contribution is 7.89. The average Bonchev–Trinajstić information content (AvgIpc) is 2.84. The van der Waals surface area contributed by atoms with E-state index in [0.717, 1.165) is 31.7 Å². The summed E-state index contributed by atoms with van der Waals surface area (Å²) in [4.78, 5) is 10.2. The quantitative estimate of drug-likeness (QED) is 0.653. The largest absolute Gasteiger partial charge is 0.311 e. The summed E-state index contributed by atoms with van der Waals surface area (Å²) in [5, 5.41) is 14.3. The van der Waals surface area contributed by atoms with Crippen LogP contribution in [0.3, 0.4) is 0 Å². The van der Waals surface area contributed by atoms with Gasteiger partial charge in [0.25, 0.3) is 5.69 Å². The molecule has 0 amide bonds. The predicted molar refractivity (Wildman–Crippen MR) is 88.3 cm³/mol. The van der Waals surface area contributed by atoms with Crippen molar-refractivity contribution in [1.82, 2.24) is 9.62 Å². The van der Waals surface area contributed by atoms with E-state index in [2.05, 4.69) is 5.32 Å². The minimum atomic E-state index is -3.71. The predicted octanol–water partition coefficient (Wildman–Crippen LogP) is 1.92. The highest BCUT2D eigenvalue weighted by Gasteiger charge is 2.39. The van der Waals surface area contributed by atoms with Crippen LogP contribution in [0, 0.1) is 10.1 Å². The third-order valence-electron chi connectivity index (χ3n) is 4.67. The number of nitro groups is 1. The van der Waals surface area contributed by atoms with Crippen LogP contribution in [0.5, 0.6) is 0 Å². The van der Waals surface area contributed by atoms with Gasteiger partial charge in [-0.1, -0.05) is 6.07 Å². The summed E-state index contributed by atoms with van der Waals surface area (Å²) in [6, 6.07) is 5.95. The number of piperidine rings is 1. The van der Waals surface area contributed by atoms with Gasteiger partial charge < -0.3 is 5.32 Å². The smallest absolute Gasteiger partial charge is 0.270 e. The van der Waals surface area contributed by atoms with E-state index in [1.807, 2.05) is 0 Å². The van der Waals surface area contributed by atoms with Crippen LogP contribution in [-0.4, -0.2) is 42.8 Å². The molecule has 0 aromatic heterocycles. The van der Waals surface area contributed by atoms with Crippen molar-refractivity contribution in [1.29, 1.82) is 0 Å². The first-order valence-corrected chi connectivity index (χ1v) is 8.80. The summed E-state index contributed by atoms with van der Waals surface area (Å²) in [5.74, 6) is 0. The molecule has 7 nitrogen and oxygen atoms in total. The fraction of sp³-hybridized carbons (Fsp3) is 0.571. The van der Waals surface area contributed by atoms with Crippen molar-refractivity contribution in [3.05, 3.63) is 34.4 Å². The Labute approximate surface area is 141 Å². The molecule has 2 bridgehead atoms. The summed E-state index contributed by atoms with van der Waals surface area (Å²) in [6.45, 7) is 0. The van der Waals surface area contributed by atoms with Crippen LogP contribution in [0.2, 0.25) is 0 Å². The van der Waals surface area contributed by atoms with Crippen molar-refractivity contribution in [2.24, 2.45) is 0 Å². The van der Waals surface area contributed by atoms with Gasteiger partial charge in [0.05, 0.1) is 9.82 Å². The summed E-state index contributed by atoms with van der Waals surface area (Å²) in [6.07, 6.45) is 3.76. The van der Waals surface area contributed by atoms with Gasteiger partial charge >= 0.3 is 0 Å². The van der Waals surface area contributed by atoms with Gasteiger partial charge in [-0.2, -0.15) is 4.31 Å². The zero-order valence-corrected chi connectivity index (χ0v) is 14.3. The topological polar surface area (TPSA) is 92.6 Å². The molecule has 23 heavy (non-hydrogen) atoms. The number of sulfonamides is 1. The fourth-order valence-corrected chi connectivity index (χ4v) is 4.86. The number of benzene rings is 1. The number of hydrogen-bond acceptors (Lipinski definition) is 5. The second-order valence-electron chi connectivity index (χ2n) is 6.04. The van der Waals surface area contributed by atoms with Crippen molar-refractivity contribution in [3.8, 4) is 0 Å². The number of nitro benzene ring substituents is 1. The Kier molecular flexibility index (Phi) is 5.30. The van der Waals surface area contributed by atoms with Gasteiger partial charge in [0.1, 0.15) is 0 Å². The molecule has 0 saturated carbocycles. The van der Waals surface area contributed by atoms with E-state index in [9.17, 15) is 18.5 Å². The second kappa shape index (κ2) is 6.72. The van der Waals surface area contributed by atoms with Crippen LogP contribution in [0.15, 0.2) is 29.2 Å². The lowest BCUT2D eigenvalue weighted by molar-refractivity contribution is -0.385. The molecule has 2 aliphatic rings. The maximum absolute atomic E-state index is 12.7. The average molecular weight is 362 g/mol. The van der Waals surface area contributed by atoms with Crippen LogP contribution in [0.25, 0.3) is 0 Å². The lowest BCUT2D eigenvalue weighted by Crippen LogP contribution is -2.48. The molecule has 1 aromatic rings. The van der Waals surface area contributed by atoms with Crippen LogP contribution in [0.1, 0.15) is 25.7 Å². The molecule has 2 saturated heterocycles. The summed E-state index contributed by atoms with van der Waals surface area (Å²) in [7, 11) is -2.14. The van der Waals surface area contributed by atoms with E-state index in [0.29, 0.717) is 12.1 Å². The Morgan fingerprint density at radius 3 is 2.43 bits per heavy atom. The molecule has 2 heterocycles. The third kappa shape index (κ3) is 3.50. The van der Waals surface area contributed by atoms with Crippen LogP contribution in [-0.2, 0) is 10.0 Å². The highest BCUT2D eigenvalue weighted by atomic mass is 35.5. The second-order valence-corrected chi connectivity index (χ2v) is 8.04. The Balaban J connectivity index is 0.00000192. The molecule has 9 heteroatoms. The Bertz CT molecular complexity index is 685. The molecule has 1 N–H and O–H groups in total. The molecule has 2 atom stereocenters. The SMILES string of the molecule is CN(C1CC2CCC(C1)N2)S(=O)(=O)c1cccc([N+](=O)[O-])c1.Cl. The monoisotopic (exact) mass is 361 g/mol. The van der Waals surface area contributed by atoms with E-state index >= 15 is 0 Å². The summed E-state index contributed by atoms with van der Waals surface area (Å²) < 4.78 is 26.8. The lowest BCUT2D eigenvalue weighted by Gasteiger charge is -2.34. The van der Waals surface area contributed by atoms with E-state index in [-0.39, 0.29) is 29.0 Å². The number of fused-ring (bicyclic) bond motifs is 2. The molecular weight excluding hydrogens is 342 g/mol. The fourth-order valence-electron chi connectivity index (χ4n) is 3.44. The maximum atomic E-state index is 12.7. The number of halogens is 1. The third-order valence-corrected chi connectivity index (χ3v) is 6.57. The van der Waals surface area contributed by atoms with Gasteiger partial charge in [0.2, 0.25) is 10.0 Å². The van der Waals surface area contributed by atoms with Crippen molar-refractivity contribution in [2.75, 3.05) is 7.05 Å². The minimum absolute atomic E-state index is 0. The van der Waals surface area contributed by atoms with Gasteiger partial charge in [-0.25, -0.2) is 8.42 Å². The Hall–Kier alpha value is -1.22. The molecule has 2 fully saturated rings. The molecule has 2 aliphatic heterocycles. The lowest BCUT2D eigenvalue weighted by atomic mass is 10.0. The van der Waals surface area contributed by atoms with Gasteiger partial charge in [-0.05, 0) is 31.7 Å². The number of hydrogen-bond donors (Lipinski definition) is 1. The summed E-state index contributed by atoms with van der Waals surface area (Å²) >= 11 is 0. The van der Waals surface area contributed by atoms with Crippen LogP contribution >= 0.6 is 12.4 Å². The molecule has 0 spiro atoms. The Morgan fingerprint density at radius 2 is 1.87 bits per heavy atom. The first kappa shape index (κ1) is 18.1. The molecule has 128 valence electrons. The number of rotatable bonds is 4. The van der Waals surface area contributed by atoms with Crippen LogP contribution < -0.4 is 5.32 Å². The van der Waals surface area contributed by atoms with Crippen LogP contribution in [0.4, 0.5) is 5.69 Å². The van der Waals surface area contributed by atoms with Crippen molar-refractivity contribution in [2.45, 2.75) is 48.7 Å². The van der Waals surface area contributed by atoms with Crippen molar-refractivity contribution < 1.29 is 13.3 Å². The van der Waals surface area contributed by atoms with Gasteiger partial charge in [0.15, 0.2) is 0 Å². The first-order chi connectivity index (χ1) is 10.4. The number of non-ortho nitro benzene ring substituents is 1. The molecule has 0 aliphatic carbocycles. The molecule has 1 aromatic carbocycles. The van der Waals surface area contributed by atoms with Gasteiger partial charge in [0, 0.05) is 37.3 Å². The molecular formula is C14H20ClN3O4S. The zero-order valence-electron chi connectivity index (χ0n) is 12.7. The van der Waals surface area contributed by atoms with Gasteiger partial charge in [-0.3, -0.25) is 10.1 Å². The molecule has 3 rings (SSSR count). The number of nitrogens with zero attached hydrogens (tertiary/aromatic N) is 2. The van der Waals surface area contributed by atoms with Gasteiger partial charge in [-0.15, -0.1) is 12.4 Å². The highest BCUT2D eigenvalue weighted by Crippen LogP contribution is 2.32. The normalized spacial score (nSPS) is 26.8. The standard InChI is InChI=1S/C14H19N3O4S.ClH/c1-16(13-7-10-5-6-11(8-13)15-10)22(20,21)14-4-2-3-12(9-14)17(18)19;/h2-4,9-11,13,15H,5-8H2,1H3;1H.